The molecule has 0 spiro atoms. The van der Waals surface area contributed by atoms with Crippen LogP contribution in [-0.4, -0.2) is 30.1 Å². The van der Waals surface area contributed by atoms with Crippen LogP contribution in [-0.2, 0) is 27.2 Å². The minimum Gasteiger partial charge on any atom is -0.481 e. The predicted molar refractivity (Wildman–Crippen MR) is 103 cm³/mol. The molecule has 7 heteroatoms. The Morgan fingerprint density at radius 2 is 1.96 bits per heavy atom. The molecule has 1 aromatic heterocycles. The number of ether oxygens (including phenoxy) is 1. The minimum absolute atomic E-state index is 0.344. The van der Waals surface area contributed by atoms with Gasteiger partial charge < -0.3 is 15.2 Å². The van der Waals surface area contributed by atoms with Crippen LogP contribution in [0.3, 0.4) is 0 Å². The van der Waals surface area contributed by atoms with E-state index >= 15 is 0 Å². The number of nitrogens with one attached hydrogen (secondary N) is 1. The van der Waals surface area contributed by atoms with Gasteiger partial charge in [-0.1, -0.05) is 25.5 Å². The molecule has 3 rings (SSSR count). The van der Waals surface area contributed by atoms with E-state index in [0.717, 1.165) is 36.1 Å². The summed E-state index contributed by atoms with van der Waals surface area (Å²) in [6, 6.07) is 0. The van der Waals surface area contributed by atoms with Gasteiger partial charge in [0, 0.05) is 4.88 Å². The quantitative estimate of drug-likeness (QED) is 0.590. The van der Waals surface area contributed by atoms with Crippen LogP contribution < -0.4 is 5.32 Å². The number of methoxy groups -OCH3 is 1. The first-order valence-electron chi connectivity index (χ1n) is 9.37. The van der Waals surface area contributed by atoms with Crippen molar-refractivity contribution in [2.24, 2.45) is 17.8 Å². The maximum atomic E-state index is 12.8. The van der Waals surface area contributed by atoms with E-state index < -0.39 is 23.8 Å². The lowest BCUT2D eigenvalue weighted by Crippen LogP contribution is -2.34. The number of carbonyl (C=O) groups excluding carboxylic acids is 2. The summed E-state index contributed by atoms with van der Waals surface area (Å²) in [6.45, 7) is 2.16. The molecule has 0 unspecified atom stereocenters. The Labute approximate surface area is 162 Å². The van der Waals surface area contributed by atoms with Crippen LogP contribution in [0.25, 0.3) is 0 Å². The first kappa shape index (κ1) is 19.6. The van der Waals surface area contributed by atoms with E-state index in [0.29, 0.717) is 29.3 Å². The Bertz CT molecular complexity index is 782. The van der Waals surface area contributed by atoms with Crippen LogP contribution in [0.15, 0.2) is 12.2 Å². The Morgan fingerprint density at radius 3 is 2.59 bits per heavy atom. The topological polar surface area (TPSA) is 92.7 Å². The molecule has 2 aliphatic rings. The zero-order chi connectivity index (χ0) is 19.6. The smallest absolute Gasteiger partial charge is 0.341 e. The molecule has 0 saturated heterocycles. The number of carbonyl (C=O) groups is 3. The van der Waals surface area contributed by atoms with E-state index in [1.807, 2.05) is 6.08 Å². The Balaban J connectivity index is 1.89. The van der Waals surface area contributed by atoms with Crippen molar-refractivity contribution in [2.75, 3.05) is 12.4 Å². The summed E-state index contributed by atoms with van der Waals surface area (Å²) in [6.07, 6.45) is 8.19. The molecule has 0 bridgehead atoms. The number of carboxylic acids is 1. The molecule has 2 aliphatic carbocycles. The highest BCUT2D eigenvalue weighted by atomic mass is 32.1. The van der Waals surface area contributed by atoms with Gasteiger partial charge in [0.25, 0.3) is 0 Å². The Hall–Kier alpha value is -2.15. The van der Waals surface area contributed by atoms with Crippen molar-refractivity contribution in [3.63, 3.8) is 0 Å². The number of esters is 1. The first-order valence-corrected chi connectivity index (χ1v) is 10.2. The minimum atomic E-state index is -0.969. The van der Waals surface area contributed by atoms with E-state index in [1.165, 1.54) is 18.4 Å². The summed E-state index contributed by atoms with van der Waals surface area (Å²) in [7, 11) is 1.34. The molecule has 2 N–H and O–H groups in total. The summed E-state index contributed by atoms with van der Waals surface area (Å²) in [5.74, 6) is -2.55. The number of aliphatic carboxylic acids is 1. The number of allylic oxidation sites excluding steroid dienone is 2. The Morgan fingerprint density at radius 1 is 1.26 bits per heavy atom. The SMILES string of the molecule is CC[C@@H]1CCc2c(sc(NC(=O)[C@@H]3CC=CC[C@@H]3C(=O)O)c2C(=O)OC)C1. The van der Waals surface area contributed by atoms with E-state index in [1.54, 1.807) is 6.08 Å². The number of fused-ring (bicyclic) bond motifs is 1. The summed E-state index contributed by atoms with van der Waals surface area (Å²) >= 11 is 1.43. The molecule has 0 aromatic carbocycles. The number of rotatable bonds is 5. The van der Waals surface area contributed by atoms with Gasteiger partial charge in [-0.05, 0) is 43.6 Å². The fourth-order valence-corrected chi connectivity index (χ4v) is 5.34. The third-order valence-corrected chi connectivity index (χ3v) is 6.83. The summed E-state index contributed by atoms with van der Waals surface area (Å²) < 4.78 is 4.95. The van der Waals surface area contributed by atoms with Gasteiger partial charge in [0.1, 0.15) is 5.00 Å². The molecule has 0 radical (unpaired) electrons. The van der Waals surface area contributed by atoms with Gasteiger partial charge in [-0.15, -0.1) is 11.3 Å². The van der Waals surface area contributed by atoms with Gasteiger partial charge >= 0.3 is 11.9 Å². The summed E-state index contributed by atoms with van der Waals surface area (Å²) in [5.41, 5.74) is 1.42. The van der Waals surface area contributed by atoms with Crippen LogP contribution in [0.4, 0.5) is 5.00 Å². The monoisotopic (exact) mass is 391 g/mol. The number of thiophene rings is 1. The number of anilines is 1. The molecule has 0 saturated carbocycles. The lowest BCUT2D eigenvalue weighted by atomic mass is 9.82. The van der Waals surface area contributed by atoms with Crippen LogP contribution in [0.1, 0.15) is 53.4 Å². The molecule has 3 atom stereocenters. The van der Waals surface area contributed by atoms with Crippen molar-refractivity contribution < 1.29 is 24.2 Å². The molecular weight excluding hydrogens is 366 g/mol. The van der Waals surface area contributed by atoms with Crippen molar-refractivity contribution in [2.45, 2.75) is 45.4 Å². The molecule has 1 heterocycles. The van der Waals surface area contributed by atoms with Crippen molar-refractivity contribution in [1.29, 1.82) is 0 Å². The number of amides is 1. The molecule has 6 nitrogen and oxygen atoms in total. The van der Waals surface area contributed by atoms with Gasteiger partial charge in [-0.2, -0.15) is 0 Å². The molecule has 27 heavy (non-hydrogen) atoms. The molecule has 0 fully saturated rings. The lowest BCUT2D eigenvalue weighted by molar-refractivity contribution is -0.146. The molecule has 1 aromatic rings. The largest absolute Gasteiger partial charge is 0.481 e. The third-order valence-electron chi connectivity index (χ3n) is 5.66. The second kappa shape index (κ2) is 8.25. The molecule has 1 amide bonds. The van der Waals surface area contributed by atoms with Crippen molar-refractivity contribution in [3.8, 4) is 0 Å². The van der Waals surface area contributed by atoms with Gasteiger partial charge in [0.2, 0.25) is 5.91 Å². The second-order valence-corrected chi connectivity index (χ2v) is 8.31. The highest BCUT2D eigenvalue weighted by molar-refractivity contribution is 7.17. The zero-order valence-corrected chi connectivity index (χ0v) is 16.4. The van der Waals surface area contributed by atoms with Crippen LogP contribution in [0.5, 0.6) is 0 Å². The van der Waals surface area contributed by atoms with Gasteiger partial charge in [-0.25, -0.2) is 4.79 Å². The molecule has 146 valence electrons. The normalized spacial score (nSPS) is 24.1. The maximum Gasteiger partial charge on any atom is 0.341 e. The lowest BCUT2D eigenvalue weighted by Gasteiger charge is -2.24. The average molecular weight is 391 g/mol. The zero-order valence-electron chi connectivity index (χ0n) is 15.6. The van der Waals surface area contributed by atoms with E-state index in [2.05, 4.69) is 12.2 Å². The number of hydrogen-bond acceptors (Lipinski definition) is 5. The van der Waals surface area contributed by atoms with Crippen LogP contribution in [0.2, 0.25) is 0 Å². The number of hydrogen-bond donors (Lipinski definition) is 2. The second-order valence-electron chi connectivity index (χ2n) is 7.20. The van der Waals surface area contributed by atoms with E-state index in [4.69, 9.17) is 4.74 Å². The standard InChI is InChI=1S/C20H25NO5S/c1-3-11-8-9-14-15(10-11)27-18(16(14)20(25)26-2)21-17(22)12-6-4-5-7-13(12)19(23)24/h4-5,11-13H,3,6-10H2,1-2H3,(H,21,22)(H,23,24)/t11-,12-,13+/m1/s1. The first-order chi connectivity index (χ1) is 13.0. The predicted octanol–water partition coefficient (Wildman–Crippen LogP) is 3.66. The van der Waals surface area contributed by atoms with Gasteiger partial charge in [0.15, 0.2) is 0 Å². The van der Waals surface area contributed by atoms with E-state index in [9.17, 15) is 19.5 Å². The average Bonchev–Trinajstić information content (AvgIpc) is 3.03. The van der Waals surface area contributed by atoms with E-state index in [-0.39, 0.29) is 5.91 Å². The molecule has 0 aliphatic heterocycles. The summed E-state index contributed by atoms with van der Waals surface area (Å²) in [5, 5.41) is 12.8. The third kappa shape index (κ3) is 3.93. The van der Waals surface area contributed by atoms with Crippen LogP contribution >= 0.6 is 11.3 Å². The fourth-order valence-electron chi connectivity index (χ4n) is 3.99. The Kier molecular flexibility index (Phi) is 5.99. The highest BCUT2D eigenvalue weighted by Gasteiger charge is 2.36. The fraction of sp³-hybridized carbons (Fsp3) is 0.550. The van der Waals surface area contributed by atoms with Crippen LogP contribution in [0, 0.1) is 17.8 Å². The maximum absolute atomic E-state index is 12.8. The molecular formula is C20H25NO5S. The van der Waals surface area contributed by atoms with Crippen molar-refractivity contribution >= 4 is 34.2 Å². The van der Waals surface area contributed by atoms with Gasteiger partial charge in [-0.3, -0.25) is 9.59 Å². The number of carboxylic acid groups (broad SMARTS) is 1. The van der Waals surface area contributed by atoms with Gasteiger partial charge in [0.05, 0.1) is 24.5 Å². The highest BCUT2D eigenvalue weighted by Crippen LogP contribution is 2.41. The summed E-state index contributed by atoms with van der Waals surface area (Å²) in [4.78, 5) is 37.8. The van der Waals surface area contributed by atoms with Crippen molar-refractivity contribution in [3.05, 3.63) is 28.2 Å². The van der Waals surface area contributed by atoms with Crippen molar-refractivity contribution in [1.82, 2.24) is 0 Å².